The zero-order chi connectivity index (χ0) is 29.7. The van der Waals surface area contributed by atoms with Gasteiger partial charge in [0.05, 0.1) is 16.9 Å². The Morgan fingerprint density at radius 3 is 2.02 bits per heavy atom. The second-order valence-corrected chi connectivity index (χ2v) is 11.2. The average molecular weight is 576 g/mol. The number of fused-ring (bicyclic) bond motifs is 6. The molecule has 0 spiro atoms. The van der Waals surface area contributed by atoms with Crippen LogP contribution in [0.15, 0.2) is 152 Å². The van der Waals surface area contributed by atoms with Gasteiger partial charge in [-0.1, -0.05) is 115 Å². The van der Waals surface area contributed by atoms with Crippen LogP contribution in [-0.4, -0.2) is 25.0 Å². The van der Waals surface area contributed by atoms with Gasteiger partial charge >= 0.3 is 0 Å². The maximum atomic E-state index is 5.09. The Kier molecular flexibility index (Phi) is 5.74. The molecule has 0 atom stereocenters. The third-order valence-corrected chi connectivity index (χ3v) is 8.44. The van der Waals surface area contributed by atoms with Crippen molar-refractivity contribution >= 4 is 43.5 Å². The van der Waals surface area contributed by atoms with Gasteiger partial charge in [-0.25, -0.2) is 9.97 Å². The monoisotopic (exact) mass is 575 g/mol. The lowest BCUT2D eigenvalue weighted by atomic mass is 9.96. The van der Waals surface area contributed by atoms with Gasteiger partial charge in [-0.3, -0.25) is 0 Å². The van der Waals surface area contributed by atoms with E-state index in [4.69, 9.17) is 20.2 Å². The third kappa shape index (κ3) is 4.33. The fourth-order valence-electron chi connectivity index (χ4n) is 6.24. The van der Waals surface area contributed by atoms with Crippen molar-refractivity contribution in [3.63, 3.8) is 0 Å². The van der Waals surface area contributed by atoms with Crippen LogP contribution in [-0.2, 0) is 0 Å². The number of aromatic nitrogens is 5. The molecule has 0 fully saturated rings. The Morgan fingerprint density at radius 1 is 0.422 bits per heavy atom. The van der Waals surface area contributed by atoms with Crippen LogP contribution in [0.25, 0.3) is 82.9 Å². The van der Waals surface area contributed by atoms with Crippen LogP contribution in [0.4, 0.5) is 0 Å². The molecule has 0 aliphatic carbocycles. The van der Waals surface area contributed by atoms with E-state index in [1.54, 1.807) is 4.80 Å². The minimum atomic E-state index is 0.713. The summed E-state index contributed by atoms with van der Waals surface area (Å²) in [7, 11) is 0. The van der Waals surface area contributed by atoms with Crippen LogP contribution in [0, 0.1) is 0 Å². The first-order chi connectivity index (χ1) is 22.3. The average Bonchev–Trinajstić information content (AvgIpc) is 3.56. The highest BCUT2D eigenvalue weighted by molar-refractivity contribution is 6.18. The van der Waals surface area contributed by atoms with Crippen LogP contribution in [0.2, 0.25) is 0 Å². The zero-order valence-corrected chi connectivity index (χ0v) is 24.2. The van der Waals surface area contributed by atoms with Gasteiger partial charge in [-0.15, -0.1) is 10.2 Å². The topological polar surface area (TPSA) is 56.5 Å². The Balaban J connectivity index is 1.16. The molecule has 0 saturated carbocycles. The van der Waals surface area contributed by atoms with E-state index >= 15 is 0 Å². The number of para-hydroxylation sites is 2. The molecule has 0 saturated heterocycles. The summed E-state index contributed by atoms with van der Waals surface area (Å²) in [5, 5.41) is 15.3. The summed E-state index contributed by atoms with van der Waals surface area (Å²) in [6.45, 7) is 0. The van der Waals surface area contributed by atoms with Crippen molar-refractivity contribution in [2.45, 2.75) is 0 Å². The molecule has 0 N–H and O–H groups in total. The molecule has 0 radical (unpaired) electrons. The van der Waals surface area contributed by atoms with Gasteiger partial charge in [0, 0.05) is 21.9 Å². The Hall–Kier alpha value is -6.20. The first kappa shape index (κ1) is 25.3. The predicted molar refractivity (Wildman–Crippen MR) is 183 cm³/mol. The van der Waals surface area contributed by atoms with Crippen LogP contribution in [0.3, 0.4) is 0 Å². The van der Waals surface area contributed by atoms with Crippen molar-refractivity contribution < 1.29 is 0 Å². The molecular weight excluding hydrogens is 550 g/mol. The largest absolute Gasteiger partial charge is 0.228 e. The van der Waals surface area contributed by atoms with Gasteiger partial charge in [0.15, 0.2) is 5.82 Å². The molecule has 0 amide bonds. The highest BCUT2D eigenvalue weighted by Gasteiger charge is 2.14. The van der Waals surface area contributed by atoms with E-state index < -0.39 is 0 Å². The van der Waals surface area contributed by atoms with Gasteiger partial charge in [-0.05, 0) is 63.7 Å². The van der Waals surface area contributed by atoms with E-state index in [1.807, 2.05) is 66.7 Å². The highest BCUT2D eigenvalue weighted by Crippen LogP contribution is 2.35. The first-order valence-electron chi connectivity index (χ1n) is 15.0. The van der Waals surface area contributed by atoms with Gasteiger partial charge < -0.3 is 0 Å². The quantitative estimate of drug-likeness (QED) is 0.196. The minimum absolute atomic E-state index is 0.713. The SMILES string of the molecule is c1ccc(-c2nc(-c3cccc(-c4ccc5c(ccc6ccc7nn(-c8ccccc8)nc7c65)c4)c3)nc3ccccc23)cc1. The summed E-state index contributed by atoms with van der Waals surface area (Å²) < 4.78 is 0. The molecular formula is C40H25N5. The van der Waals surface area contributed by atoms with Gasteiger partial charge in [0.1, 0.15) is 11.0 Å². The summed E-state index contributed by atoms with van der Waals surface area (Å²) in [6.07, 6.45) is 0. The van der Waals surface area contributed by atoms with Crippen molar-refractivity contribution in [1.29, 1.82) is 0 Å². The van der Waals surface area contributed by atoms with Crippen molar-refractivity contribution in [2.24, 2.45) is 0 Å². The number of benzene rings is 7. The second kappa shape index (κ2) is 10.2. The number of hydrogen-bond acceptors (Lipinski definition) is 4. The molecule has 2 heterocycles. The Labute approximate surface area is 259 Å². The van der Waals surface area contributed by atoms with Crippen LogP contribution >= 0.6 is 0 Å². The van der Waals surface area contributed by atoms with E-state index in [9.17, 15) is 0 Å². The molecule has 45 heavy (non-hydrogen) atoms. The third-order valence-electron chi connectivity index (χ3n) is 8.44. The molecule has 0 aliphatic rings. The summed E-state index contributed by atoms with van der Waals surface area (Å²) in [6, 6.07) is 52.3. The molecule has 5 nitrogen and oxygen atoms in total. The highest BCUT2D eigenvalue weighted by atomic mass is 15.5. The van der Waals surface area contributed by atoms with Gasteiger partial charge in [0.25, 0.3) is 0 Å². The lowest BCUT2D eigenvalue weighted by molar-refractivity contribution is 0.766. The summed E-state index contributed by atoms with van der Waals surface area (Å²) >= 11 is 0. The van der Waals surface area contributed by atoms with Crippen molar-refractivity contribution in [3.05, 3.63) is 152 Å². The predicted octanol–water partition coefficient (Wildman–Crippen LogP) is 9.67. The van der Waals surface area contributed by atoms with Gasteiger partial charge in [0.2, 0.25) is 0 Å². The maximum absolute atomic E-state index is 5.09. The first-order valence-corrected chi connectivity index (χ1v) is 15.0. The maximum Gasteiger partial charge on any atom is 0.160 e. The van der Waals surface area contributed by atoms with Crippen molar-refractivity contribution in [3.8, 4) is 39.5 Å². The van der Waals surface area contributed by atoms with Gasteiger partial charge in [-0.2, -0.15) is 4.80 Å². The van der Waals surface area contributed by atoms with E-state index in [-0.39, 0.29) is 0 Å². The zero-order valence-electron chi connectivity index (χ0n) is 24.2. The molecule has 0 bridgehead atoms. The molecule has 0 unspecified atom stereocenters. The molecule has 7 aromatic carbocycles. The fraction of sp³-hybridized carbons (Fsp3) is 0. The molecule has 9 aromatic rings. The second-order valence-electron chi connectivity index (χ2n) is 11.2. The molecule has 210 valence electrons. The minimum Gasteiger partial charge on any atom is -0.228 e. The summed E-state index contributed by atoms with van der Waals surface area (Å²) in [5.41, 5.74) is 8.89. The molecule has 0 aliphatic heterocycles. The number of rotatable bonds is 4. The summed E-state index contributed by atoms with van der Waals surface area (Å²) in [5.74, 6) is 0.713. The molecule has 2 aromatic heterocycles. The smallest absolute Gasteiger partial charge is 0.160 e. The van der Waals surface area contributed by atoms with E-state index in [0.717, 1.165) is 77.1 Å². The van der Waals surface area contributed by atoms with Crippen LogP contribution < -0.4 is 0 Å². The number of hydrogen-bond donors (Lipinski definition) is 0. The molecule has 5 heteroatoms. The van der Waals surface area contributed by atoms with Crippen molar-refractivity contribution in [2.75, 3.05) is 0 Å². The lowest BCUT2D eigenvalue weighted by Gasteiger charge is -2.11. The van der Waals surface area contributed by atoms with E-state index in [1.165, 1.54) is 0 Å². The summed E-state index contributed by atoms with van der Waals surface area (Å²) in [4.78, 5) is 11.8. The Bertz CT molecular complexity index is 2540. The molecule has 9 rings (SSSR count). The fourth-order valence-corrected chi connectivity index (χ4v) is 6.24. The van der Waals surface area contributed by atoms with E-state index in [0.29, 0.717) is 5.82 Å². The Morgan fingerprint density at radius 2 is 1.13 bits per heavy atom. The normalized spacial score (nSPS) is 11.6. The van der Waals surface area contributed by atoms with Crippen LogP contribution in [0.5, 0.6) is 0 Å². The van der Waals surface area contributed by atoms with E-state index in [2.05, 4.69) is 84.9 Å². The van der Waals surface area contributed by atoms with Crippen LogP contribution in [0.1, 0.15) is 0 Å². The standard InChI is InChI=1S/C40H25N5/c1-3-10-27(11-4-1)38-34-16-7-8-17-35(34)41-40(42-38)31-13-9-12-28(25-31)29-20-22-33-30(24-29)19-18-26-21-23-36-39(37(26)33)44-45(43-36)32-14-5-2-6-15-32/h1-25H. The lowest BCUT2D eigenvalue weighted by Crippen LogP contribution is -1.97. The van der Waals surface area contributed by atoms with Crippen molar-refractivity contribution in [1.82, 2.24) is 25.0 Å². The number of nitrogens with zero attached hydrogens (tertiary/aromatic N) is 5.